The fraction of sp³-hybridized carbons (Fsp3) is 0.385. The molecule has 0 bridgehead atoms. The summed E-state index contributed by atoms with van der Waals surface area (Å²) in [6.45, 7) is 2.61. The zero-order chi connectivity index (χ0) is 11.8. The lowest BCUT2D eigenvalue weighted by Crippen LogP contribution is -2.23. The standard InChI is InChI=1S/C13H15N3O/c1-10-6-11(8-14-7-10)9-15-4-5-16(13(15)17)12-2-3-12/h4-8,12H,2-3,9H2,1H3. The molecule has 1 fully saturated rings. The highest BCUT2D eigenvalue weighted by atomic mass is 16.1. The molecular weight excluding hydrogens is 214 g/mol. The average molecular weight is 229 g/mol. The van der Waals surface area contributed by atoms with Crippen molar-refractivity contribution in [3.8, 4) is 0 Å². The van der Waals surface area contributed by atoms with Gasteiger partial charge in [-0.2, -0.15) is 0 Å². The van der Waals surface area contributed by atoms with E-state index in [2.05, 4.69) is 11.1 Å². The van der Waals surface area contributed by atoms with Crippen LogP contribution in [0.15, 0.2) is 35.6 Å². The molecule has 1 aliphatic carbocycles. The third-order valence-corrected chi connectivity index (χ3v) is 3.10. The van der Waals surface area contributed by atoms with Gasteiger partial charge in [-0.3, -0.25) is 14.1 Å². The molecule has 1 aliphatic rings. The monoisotopic (exact) mass is 229 g/mol. The molecule has 88 valence electrons. The first-order valence-corrected chi connectivity index (χ1v) is 5.92. The Morgan fingerprint density at radius 3 is 2.88 bits per heavy atom. The molecule has 2 aromatic heterocycles. The summed E-state index contributed by atoms with van der Waals surface area (Å²) in [6.07, 6.45) is 9.66. The Morgan fingerprint density at radius 2 is 2.18 bits per heavy atom. The van der Waals surface area contributed by atoms with Crippen molar-refractivity contribution < 1.29 is 0 Å². The molecule has 0 saturated heterocycles. The van der Waals surface area contributed by atoms with Gasteiger partial charge in [0.2, 0.25) is 0 Å². The maximum atomic E-state index is 12.0. The van der Waals surface area contributed by atoms with Gasteiger partial charge in [0.25, 0.3) is 0 Å². The zero-order valence-corrected chi connectivity index (χ0v) is 9.84. The van der Waals surface area contributed by atoms with Gasteiger partial charge in [0.05, 0.1) is 6.54 Å². The summed E-state index contributed by atoms with van der Waals surface area (Å²) < 4.78 is 3.58. The average Bonchev–Trinajstić information content (AvgIpc) is 3.07. The summed E-state index contributed by atoms with van der Waals surface area (Å²) in [7, 11) is 0. The van der Waals surface area contributed by atoms with Crippen LogP contribution in [0.3, 0.4) is 0 Å². The van der Waals surface area contributed by atoms with Crippen molar-refractivity contribution in [2.24, 2.45) is 0 Å². The van der Waals surface area contributed by atoms with Crippen molar-refractivity contribution in [1.82, 2.24) is 14.1 Å². The summed E-state index contributed by atoms with van der Waals surface area (Å²) >= 11 is 0. The van der Waals surface area contributed by atoms with Crippen LogP contribution in [0, 0.1) is 6.92 Å². The zero-order valence-electron chi connectivity index (χ0n) is 9.84. The fourth-order valence-corrected chi connectivity index (χ4v) is 2.08. The lowest BCUT2D eigenvalue weighted by molar-refractivity contribution is 0.655. The molecule has 2 heterocycles. The molecular formula is C13H15N3O. The Bertz CT molecular complexity index is 593. The molecule has 0 radical (unpaired) electrons. The first-order chi connectivity index (χ1) is 8.24. The largest absolute Gasteiger partial charge is 0.328 e. The fourth-order valence-electron chi connectivity index (χ4n) is 2.08. The van der Waals surface area contributed by atoms with E-state index in [-0.39, 0.29) is 5.69 Å². The van der Waals surface area contributed by atoms with E-state index in [4.69, 9.17) is 0 Å². The van der Waals surface area contributed by atoms with E-state index in [0.717, 1.165) is 24.0 Å². The molecule has 2 aromatic rings. The smallest absolute Gasteiger partial charge is 0.296 e. The summed E-state index contributed by atoms with van der Waals surface area (Å²) in [4.78, 5) is 16.2. The molecule has 4 heteroatoms. The second kappa shape index (κ2) is 3.87. The second-order valence-electron chi connectivity index (χ2n) is 4.72. The van der Waals surface area contributed by atoms with Crippen molar-refractivity contribution in [2.75, 3.05) is 0 Å². The third kappa shape index (κ3) is 2.02. The molecule has 0 amide bonds. The number of hydrogen-bond acceptors (Lipinski definition) is 2. The van der Waals surface area contributed by atoms with Crippen LogP contribution in [-0.2, 0) is 6.54 Å². The Balaban J connectivity index is 1.88. The van der Waals surface area contributed by atoms with Gasteiger partial charge in [0, 0.05) is 30.8 Å². The number of aryl methyl sites for hydroxylation is 1. The first kappa shape index (κ1) is 10.3. The Morgan fingerprint density at radius 1 is 1.35 bits per heavy atom. The quantitative estimate of drug-likeness (QED) is 0.804. The minimum absolute atomic E-state index is 0.0917. The number of rotatable bonds is 3. The van der Waals surface area contributed by atoms with Crippen LogP contribution in [0.25, 0.3) is 0 Å². The van der Waals surface area contributed by atoms with Gasteiger partial charge >= 0.3 is 5.69 Å². The maximum Gasteiger partial charge on any atom is 0.328 e. The molecule has 1 saturated carbocycles. The maximum absolute atomic E-state index is 12.0. The predicted molar refractivity (Wildman–Crippen MR) is 65.0 cm³/mol. The van der Waals surface area contributed by atoms with Crippen molar-refractivity contribution >= 4 is 0 Å². The SMILES string of the molecule is Cc1cncc(Cn2ccn(C3CC3)c2=O)c1. The van der Waals surface area contributed by atoms with Crippen LogP contribution in [0.2, 0.25) is 0 Å². The molecule has 0 unspecified atom stereocenters. The summed E-state index contributed by atoms with van der Waals surface area (Å²) in [5.74, 6) is 0. The summed E-state index contributed by atoms with van der Waals surface area (Å²) in [6, 6.07) is 2.51. The number of aromatic nitrogens is 3. The van der Waals surface area contributed by atoms with Crippen molar-refractivity contribution in [3.05, 3.63) is 52.5 Å². The van der Waals surface area contributed by atoms with E-state index in [1.807, 2.05) is 36.3 Å². The van der Waals surface area contributed by atoms with Gasteiger partial charge < -0.3 is 0 Å². The minimum atomic E-state index is 0.0917. The van der Waals surface area contributed by atoms with Crippen molar-refractivity contribution in [2.45, 2.75) is 32.4 Å². The first-order valence-electron chi connectivity index (χ1n) is 5.92. The Hall–Kier alpha value is -1.84. The number of pyridine rings is 1. The predicted octanol–water partition coefficient (Wildman–Crippen LogP) is 1.74. The van der Waals surface area contributed by atoms with E-state index >= 15 is 0 Å². The molecule has 0 atom stereocenters. The Labute approximate surface area is 99.5 Å². The van der Waals surface area contributed by atoms with Gasteiger partial charge in [-0.05, 0) is 30.9 Å². The minimum Gasteiger partial charge on any atom is -0.296 e. The highest BCUT2D eigenvalue weighted by Crippen LogP contribution is 2.33. The van der Waals surface area contributed by atoms with Crippen LogP contribution >= 0.6 is 0 Å². The van der Waals surface area contributed by atoms with Crippen LogP contribution in [0.1, 0.15) is 30.0 Å². The van der Waals surface area contributed by atoms with E-state index in [9.17, 15) is 4.79 Å². The number of nitrogens with zero attached hydrogens (tertiary/aromatic N) is 3. The van der Waals surface area contributed by atoms with Crippen molar-refractivity contribution in [3.63, 3.8) is 0 Å². The molecule has 0 N–H and O–H groups in total. The van der Waals surface area contributed by atoms with E-state index in [0.29, 0.717) is 12.6 Å². The van der Waals surface area contributed by atoms with Gasteiger partial charge in [0.15, 0.2) is 0 Å². The van der Waals surface area contributed by atoms with Crippen LogP contribution in [0.5, 0.6) is 0 Å². The van der Waals surface area contributed by atoms with E-state index in [1.54, 1.807) is 4.57 Å². The summed E-state index contributed by atoms with van der Waals surface area (Å²) in [5, 5.41) is 0. The van der Waals surface area contributed by atoms with E-state index < -0.39 is 0 Å². The molecule has 17 heavy (non-hydrogen) atoms. The highest BCUT2D eigenvalue weighted by molar-refractivity contribution is 5.17. The van der Waals surface area contributed by atoms with E-state index in [1.165, 1.54) is 0 Å². The molecule has 0 spiro atoms. The topological polar surface area (TPSA) is 39.8 Å². The molecule has 3 rings (SSSR count). The van der Waals surface area contributed by atoms with Gasteiger partial charge in [-0.25, -0.2) is 4.79 Å². The molecule has 4 nitrogen and oxygen atoms in total. The van der Waals surface area contributed by atoms with Crippen molar-refractivity contribution in [1.29, 1.82) is 0 Å². The van der Waals surface area contributed by atoms with Gasteiger partial charge in [-0.1, -0.05) is 6.07 Å². The Kier molecular flexibility index (Phi) is 2.35. The number of imidazole rings is 1. The van der Waals surface area contributed by atoms with Crippen LogP contribution in [0.4, 0.5) is 0 Å². The third-order valence-electron chi connectivity index (χ3n) is 3.10. The second-order valence-corrected chi connectivity index (χ2v) is 4.72. The highest BCUT2D eigenvalue weighted by Gasteiger charge is 2.25. The normalized spacial score (nSPS) is 15.1. The number of hydrogen-bond donors (Lipinski definition) is 0. The molecule has 0 aromatic carbocycles. The van der Waals surface area contributed by atoms with Gasteiger partial charge in [-0.15, -0.1) is 0 Å². The van der Waals surface area contributed by atoms with Crippen LogP contribution in [-0.4, -0.2) is 14.1 Å². The van der Waals surface area contributed by atoms with Gasteiger partial charge in [0.1, 0.15) is 0 Å². The lowest BCUT2D eigenvalue weighted by atomic mass is 10.2. The molecule has 0 aliphatic heterocycles. The lowest BCUT2D eigenvalue weighted by Gasteiger charge is -2.02. The summed E-state index contributed by atoms with van der Waals surface area (Å²) in [5.41, 5.74) is 2.28. The van der Waals surface area contributed by atoms with Crippen LogP contribution < -0.4 is 5.69 Å².